The predicted molar refractivity (Wildman–Crippen MR) is 132 cm³/mol. The molecule has 0 unspecified atom stereocenters. The highest BCUT2D eigenvalue weighted by Crippen LogP contribution is 2.16. The molecule has 0 amide bonds. The average Bonchev–Trinajstić information content (AvgIpc) is 2.82. The van der Waals surface area contributed by atoms with Crippen LogP contribution in [-0.4, -0.2) is 26.2 Å². The van der Waals surface area contributed by atoms with Crippen molar-refractivity contribution in [3.05, 3.63) is 78.1 Å². The van der Waals surface area contributed by atoms with E-state index in [-0.39, 0.29) is 5.82 Å². The molecule has 1 heterocycles. The van der Waals surface area contributed by atoms with Crippen molar-refractivity contribution in [2.24, 2.45) is 0 Å². The minimum absolute atomic E-state index is 0.168. The molecule has 30 heavy (non-hydrogen) atoms. The zero-order valence-electron chi connectivity index (χ0n) is 19.4. The van der Waals surface area contributed by atoms with Gasteiger partial charge >= 0.3 is 0 Å². The van der Waals surface area contributed by atoms with Gasteiger partial charge in [0.15, 0.2) is 0 Å². The third kappa shape index (κ3) is 8.96. The molecule has 3 heteroatoms. The third-order valence-electron chi connectivity index (χ3n) is 4.53. The third-order valence-corrected chi connectivity index (χ3v) is 4.53. The Balaban J connectivity index is 0.000000248. The maximum Gasteiger partial charge on any atom is 0.123 e. The van der Waals surface area contributed by atoms with Crippen molar-refractivity contribution in [3.8, 4) is 0 Å². The number of halogens is 1. The lowest BCUT2D eigenvalue weighted by atomic mass is 10.1. The minimum atomic E-state index is -0.168. The molecular formula is C27H39FN2. The summed E-state index contributed by atoms with van der Waals surface area (Å²) in [6.45, 7) is 14.5. The number of hydrogen-bond donors (Lipinski definition) is 1. The summed E-state index contributed by atoms with van der Waals surface area (Å²) >= 11 is 0. The van der Waals surface area contributed by atoms with E-state index in [1.807, 2.05) is 26.0 Å². The topological polar surface area (TPSA) is 15.3 Å². The summed E-state index contributed by atoms with van der Waals surface area (Å²) in [7, 11) is 0. The summed E-state index contributed by atoms with van der Waals surface area (Å²) in [5.74, 6) is -0.168. The zero-order valence-corrected chi connectivity index (χ0v) is 19.4. The summed E-state index contributed by atoms with van der Waals surface area (Å²) in [6.07, 6.45) is 2.37. The van der Waals surface area contributed by atoms with E-state index < -0.39 is 0 Å². The molecule has 0 atom stereocenters. The highest BCUT2D eigenvalue weighted by atomic mass is 19.1. The van der Waals surface area contributed by atoms with Gasteiger partial charge in [0.2, 0.25) is 0 Å². The molecule has 0 spiro atoms. The van der Waals surface area contributed by atoms with Gasteiger partial charge in [0.05, 0.1) is 0 Å². The first-order valence-electron chi connectivity index (χ1n) is 11.4. The number of nitrogens with one attached hydrogen (secondary N) is 1. The van der Waals surface area contributed by atoms with Crippen molar-refractivity contribution in [2.45, 2.75) is 47.5 Å². The molecule has 0 saturated carbocycles. The van der Waals surface area contributed by atoms with Gasteiger partial charge < -0.3 is 10.2 Å². The number of hydrogen-bond acceptors (Lipinski definition) is 2. The molecule has 0 bridgehead atoms. The van der Waals surface area contributed by atoms with Crippen LogP contribution >= 0.6 is 0 Å². The van der Waals surface area contributed by atoms with Gasteiger partial charge in [-0.25, -0.2) is 4.39 Å². The monoisotopic (exact) mass is 410 g/mol. The lowest BCUT2D eigenvalue weighted by Gasteiger charge is -2.29. The number of rotatable bonds is 2. The average molecular weight is 411 g/mol. The zero-order chi connectivity index (χ0) is 22.2. The molecule has 0 aliphatic carbocycles. The first-order chi connectivity index (χ1) is 14.7. The van der Waals surface area contributed by atoms with Gasteiger partial charge in [-0.15, -0.1) is 0 Å². The molecule has 0 aromatic heterocycles. The van der Waals surface area contributed by atoms with Crippen LogP contribution < -0.4 is 10.2 Å². The Morgan fingerprint density at radius 3 is 1.93 bits per heavy atom. The molecule has 1 fully saturated rings. The Kier molecular flexibility index (Phi) is 13.2. The van der Waals surface area contributed by atoms with Crippen LogP contribution in [0.25, 0.3) is 10.8 Å². The second-order valence-corrected chi connectivity index (χ2v) is 6.96. The van der Waals surface area contributed by atoms with Crippen LogP contribution in [0.2, 0.25) is 0 Å². The van der Waals surface area contributed by atoms with Gasteiger partial charge in [-0.1, -0.05) is 83.5 Å². The molecule has 164 valence electrons. The quantitative estimate of drug-likeness (QED) is 0.485. The molecular weight excluding hydrogens is 371 g/mol. The van der Waals surface area contributed by atoms with E-state index in [1.54, 1.807) is 0 Å². The first kappa shape index (κ1) is 25.6. The van der Waals surface area contributed by atoms with Gasteiger partial charge in [-0.05, 0) is 47.0 Å². The van der Waals surface area contributed by atoms with Crippen LogP contribution in [0.3, 0.4) is 0 Å². The lowest BCUT2D eigenvalue weighted by molar-refractivity contribution is 0.587. The minimum Gasteiger partial charge on any atom is -0.369 e. The van der Waals surface area contributed by atoms with E-state index in [4.69, 9.17) is 0 Å². The van der Waals surface area contributed by atoms with E-state index in [9.17, 15) is 4.39 Å². The Hall–Kier alpha value is -2.39. The molecule has 3 aromatic rings. The molecule has 4 rings (SSSR count). The van der Waals surface area contributed by atoms with Gasteiger partial charge in [-0.3, -0.25) is 0 Å². The van der Waals surface area contributed by atoms with E-state index in [0.29, 0.717) is 0 Å². The maximum absolute atomic E-state index is 12.6. The Morgan fingerprint density at radius 2 is 1.37 bits per heavy atom. The van der Waals surface area contributed by atoms with Gasteiger partial charge in [0.25, 0.3) is 0 Å². The Bertz CT molecular complexity index is 808. The summed E-state index contributed by atoms with van der Waals surface area (Å²) in [5.41, 5.74) is 2.52. The fraction of sp³-hybridized carbons (Fsp3) is 0.407. The van der Waals surface area contributed by atoms with E-state index >= 15 is 0 Å². The van der Waals surface area contributed by atoms with Crippen molar-refractivity contribution in [2.75, 3.05) is 31.1 Å². The highest BCUT2D eigenvalue weighted by molar-refractivity contribution is 5.82. The fourth-order valence-corrected chi connectivity index (χ4v) is 3.03. The van der Waals surface area contributed by atoms with E-state index in [0.717, 1.165) is 38.3 Å². The van der Waals surface area contributed by atoms with Crippen LogP contribution in [-0.2, 0) is 6.42 Å². The van der Waals surface area contributed by atoms with Crippen LogP contribution in [0.15, 0.2) is 66.7 Å². The maximum atomic E-state index is 12.6. The van der Waals surface area contributed by atoms with Gasteiger partial charge in [0, 0.05) is 31.9 Å². The van der Waals surface area contributed by atoms with Crippen LogP contribution in [0.1, 0.15) is 46.6 Å². The van der Waals surface area contributed by atoms with Crippen molar-refractivity contribution < 1.29 is 4.39 Å². The summed E-state index contributed by atoms with van der Waals surface area (Å²) in [4.78, 5) is 2.26. The Labute approximate surface area is 183 Å². The van der Waals surface area contributed by atoms with Crippen LogP contribution in [0, 0.1) is 5.82 Å². The highest BCUT2D eigenvalue weighted by Gasteiger charge is 2.09. The second kappa shape index (κ2) is 15.4. The standard InChI is InChI=1S/C12H12.C10H13FN2.C3H8.C2H6/c1-2-10-7-8-11-5-3-4-6-12(11)9-10;11-9-1-3-10(4-2-9)13-7-5-12-6-8-13;1-3-2;1-2/h3-9H,2H2,1H3;1-4,12H,5-8H2;3H2,1-2H3;1-2H3. The number of anilines is 1. The molecule has 3 aromatic carbocycles. The second-order valence-electron chi connectivity index (χ2n) is 6.96. The molecule has 1 aliphatic rings. The molecule has 1 aliphatic heterocycles. The van der Waals surface area contributed by atoms with Gasteiger partial charge in [-0.2, -0.15) is 0 Å². The normalized spacial score (nSPS) is 12.5. The first-order valence-corrected chi connectivity index (χ1v) is 11.4. The number of fused-ring (bicyclic) bond motifs is 1. The number of piperazine rings is 1. The number of benzene rings is 3. The molecule has 1 saturated heterocycles. The number of nitrogens with zero attached hydrogens (tertiary/aromatic N) is 1. The van der Waals surface area contributed by atoms with Crippen molar-refractivity contribution in [1.82, 2.24) is 5.32 Å². The summed E-state index contributed by atoms with van der Waals surface area (Å²) < 4.78 is 12.6. The summed E-state index contributed by atoms with van der Waals surface area (Å²) in [5, 5.41) is 5.95. The molecule has 1 N–H and O–H groups in total. The van der Waals surface area contributed by atoms with Crippen LogP contribution in [0.5, 0.6) is 0 Å². The van der Waals surface area contributed by atoms with Crippen molar-refractivity contribution in [3.63, 3.8) is 0 Å². The predicted octanol–water partition coefficient (Wildman–Crippen LogP) is 7.08. The lowest BCUT2D eigenvalue weighted by Crippen LogP contribution is -2.43. The van der Waals surface area contributed by atoms with Crippen molar-refractivity contribution >= 4 is 16.5 Å². The van der Waals surface area contributed by atoms with Gasteiger partial charge in [0.1, 0.15) is 5.82 Å². The smallest absolute Gasteiger partial charge is 0.123 e. The fourth-order valence-electron chi connectivity index (χ4n) is 3.03. The van der Waals surface area contributed by atoms with E-state index in [1.165, 1.54) is 34.9 Å². The largest absolute Gasteiger partial charge is 0.369 e. The van der Waals surface area contributed by atoms with Crippen LogP contribution in [0.4, 0.5) is 10.1 Å². The van der Waals surface area contributed by atoms with Crippen molar-refractivity contribution in [1.29, 1.82) is 0 Å². The molecule has 2 nitrogen and oxygen atoms in total. The molecule has 0 radical (unpaired) electrons. The number of aryl methyl sites for hydroxylation is 1. The summed E-state index contributed by atoms with van der Waals surface area (Å²) in [6, 6.07) is 21.8. The Morgan fingerprint density at radius 1 is 0.800 bits per heavy atom. The van der Waals surface area contributed by atoms with E-state index in [2.05, 4.69) is 73.5 Å². The SMILES string of the molecule is CC.CCC.CCc1ccc2ccccc2c1.Fc1ccc(N2CCNCC2)cc1.